The zero-order valence-corrected chi connectivity index (χ0v) is 21.0. The summed E-state index contributed by atoms with van der Waals surface area (Å²) in [7, 11) is -3.06. The lowest BCUT2D eigenvalue weighted by molar-refractivity contribution is -0.145. The minimum Gasteiger partial charge on any atom is -0.481 e. The second kappa shape index (κ2) is 11.7. The summed E-state index contributed by atoms with van der Waals surface area (Å²) in [6.45, 7) is 2.35. The highest BCUT2D eigenvalue weighted by Crippen LogP contribution is 2.32. The van der Waals surface area contributed by atoms with Crippen molar-refractivity contribution in [1.29, 1.82) is 0 Å². The average Bonchev–Trinajstić information content (AvgIpc) is 3.05. The van der Waals surface area contributed by atoms with Gasteiger partial charge < -0.3 is 19.7 Å². The minimum atomic E-state index is -4.21. The summed E-state index contributed by atoms with van der Waals surface area (Å²) in [5.41, 5.74) is 0.960. The van der Waals surface area contributed by atoms with Gasteiger partial charge in [-0.3, -0.25) is 14.4 Å². The van der Waals surface area contributed by atoms with Gasteiger partial charge in [0.05, 0.1) is 25.1 Å². The van der Waals surface area contributed by atoms with Crippen LogP contribution in [0.25, 0.3) is 0 Å². The largest absolute Gasteiger partial charge is 0.481 e. The molecule has 2 aromatic carbocycles. The number of carbonyl (C=O) groups is 3. The number of amides is 2. The van der Waals surface area contributed by atoms with Gasteiger partial charge in [-0.05, 0) is 42.8 Å². The number of sulfonamides is 1. The van der Waals surface area contributed by atoms with Crippen LogP contribution in [0.2, 0.25) is 0 Å². The van der Waals surface area contributed by atoms with E-state index in [1.54, 1.807) is 31.2 Å². The van der Waals surface area contributed by atoms with Gasteiger partial charge in [0.2, 0.25) is 21.8 Å². The number of para-hydroxylation sites is 1. The maximum absolute atomic E-state index is 13.7. The first kappa shape index (κ1) is 26.7. The summed E-state index contributed by atoms with van der Waals surface area (Å²) in [6, 6.07) is 11.2. The SMILES string of the molecule is CC#CCOc1ccc(S(=O)(=O)N2Cc3ccccc3N(C(=O)CNC(C)=O)CC2C(=O)OC)cc1. The predicted octanol–water partition coefficient (Wildman–Crippen LogP) is 1.30. The predicted molar refractivity (Wildman–Crippen MR) is 131 cm³/mol. The van der Waals surface area contributed by atoms with E-state index >= 15 is 0 Å². The van der Waals surface area contributed by atoms with Gasteiger partial charge in [-0.15, -0.1) is 5.92 Å². The smallest absolute Gasteiger partial charge is 0.326 e. The Hall–Kier alpha value is -3.88. The second-order valence-corrected chi connectivity index (χ2v) is 9.71. The van der Waals surface area contributed by atoms with Gasteiger partial charge in [-0.2, -0.15) is 4.31 Å². The molecule has 1 atom stereocenters. The standard InChI is InChI=1S/C25H27N3O7S/c1-4-5-14-35-20-10-12-21(13-11-20)36(32,33)28-16-19-8-6-7-9-22(19)27(17-23(28)25(31)34-3)24(30)15-26-18(2)29/h6-13,23H,14-17H2,1-3H3,(H,26,29). The van der Waals surface area contributed by atoms with Crippen LogP contribution in [0.4, 0.5) is 5.69 Å². The molecule has 11 heteroatoms. The third-order valence-electron chi connectivity index (χ3n) is 5.49. The Balaban J connectivity index is 2.01. The highest BCUT2D eigenvalue weighted by atomic mass is 32.2. The van der Waals surface area contributed by atoms with E-state index in [2.05, 4.69) is 17.2 Å². The Morgan fingerprint density at radius 2 is 1.81 bits per heavy atom. The van der Waals surface area contributed by atoms with Crippen LogP contribution in [-0.2, 0) is 35.7 Å². The van der Waals surface area contributed by atoms with Crippen molar-refractivity contribution in [1.82, 2.24) is 9.62 Å². The van der Waals surface area contributed by atoms with Crippen LogP contribution in [-0.4, -0.2) is 63.4 Å². The maximum atomic E-state index is 13.7. The first-order chi connectivity index (χ1) is 17.2. The Labute approximate surface area is 210 Å². The van der Waals surface area contributed by atoms with E-state index in [1.807, 2.05) is 0 Å². The van der Waals surface area contributed by atoms with Crippen molar-refractivity contribution in [2.24, 2.45) is 0 Å². The fraction of sp³-hybridized carbons (Fsp3) is 0.320. The fourth-order valence-corrected chi connectivity index (χ4v) is 5.24. The van der Waals surface area contributed by atoms with Crippen molar-refractivity contribution in [2.45, 2.75) is 31.3 Å². The highest BCUT2D eigenvalue weighted by Gasteiger charge is 2.42. The second-order valence-electron chi connectivity index (χ2n) is 7.82. The fourth-order valence-electron chi connectivity index (χ4n) is 3.70. The molecule has 0 aliphatic carbocycles. The highest BCUT2D eigenvalue weighted by molar-refractivity contribution is 7.89. The Morgan fingerprint density at radius 3 is 2.44 bits per heavy atom. The normalized spacial score (nSPS) is 15.5. The molecule has 0 radical (unpaired) electrons. The summed E-state index contributed by atoms with van der Waals surface area (Å²) in [5, 5.41) is 2.44. The lowest BCUT2D eigenvalue weighted by Crippen LogP contribution is -2.51. The van der Waals surface area contributed by atoms with E-state index in [0.29, 0.717) is 17.0 Å². The molecule has 0 bridgehead atoms. The Bertz CT molecular complexity index is 1300. The third kappa shape index (κ3) is 6.02. The topological polar surface area (TPSA) is 122 Å². The van der Waals surface area contributed by atoms with Gasteiger partial charge in [-0.25, -0.2) is 8.42 Å². The minimum absolute atomic E-state index is 0.0548. The van der Waals surface area contributed by atoms with E-state index < -0.39 is 33.8 Å². The summed E-state index contributed by atoms with van der Waals surface area (Å²) in [6.07, 6.45) is 0. The molecule has 1 heterocycles. The molecule has 2 aromatic rings. The van der Waals surface area contributed by atoms with Crippen molar-refractivity contribution in [3.05, 3.63) is 54.1 Å². The molecule has 36 heavy (non-hydrogen) atoms. The molecular formula is C25H27N3O7S. The summed E-state index contributed by atoms with van der Waals surface area (Å²) in [4.78, 5) is 38.4. The zero-order valence-electron chi connectivity index (χ0n) is 20.2. The van der Waals surface area contributed by atoms with Gasteiger partial charge in [0.15, 0.2) is 0 Å². The van der Waals surface area contributed by atoms with Crippen LogP contribution in [0.3, 0.4) is 0 Å². The molecule has 1 N–H and O–H groups in total. The first-order valence-electron chi connectivity index (χ1n) is 11.0. The first-order valence-corrected chi connectivity index (χ1v) is 12.5. The molecule has 1 aliphatic rings. The van der Waals surface area contributed by atoms with Crippen molar-refractivity contribution < 1.29 is 32.3 Å². The van der Waals surface area contributed by atoms with Crippen LogP contribution in [0.5, 0.6) is 5.75 Å². The van der Waals surface area contributed by atoms with Gasteiger partial charge in [-0.1, -0.05) is 24.1 Å². The Kier molecular flexibility index (Phi) is 8.68. The number of nitrogens with one attached hydrogen (secondary N) is 1. The molecule has 0 saturated carbocycles. The molecule has 0 fully saturated rings. The molecule has 2 amide bonds. The van der Waals surface area contributed by atoms with Gasteiger partial charge in [0.1, 0.15) is 18.4 Å². The summed E-state index contributed by atoms with van der Waals surface area (Å²) >= 11 is 0. The van der Waals surface area contributed by atoms with E-state index in [9.17, 15) is 22.8 Å². The molecule has 0 spiro atoms. The molecule has 0 saturated heterocycles. The number of anilines is 1. The molecule has 3 rings (SSSR count). The summed E-state index contributed by atoms with van der Waals surface area (Å²) < 4.78 is 38.9. The van der Waals surface area contributed by atoms with Crippen LogP contribution < -0.4 is 15.0 Å². The molecule has 1 unspecified atom stereocenters. The van der Waals surface area contributed by atoms with E-state index in [4.69, 9.17) is 9.47 Å². The molecule has 10 nitrogen and oxygen atoms in total. The van der Waals surface area contributed by atoms with E-state index in [-0.39, 0.29) is 31.1 Å². The zero-order chi connectivity index (χ0) is 26.3. The number of hydrogen-bond donors (Lipinski definition) is 1. The van der Waals surface area contributed by atoms with E-state index in [1.165, 1.54) is 36.1 Å². The van der Waals surface area contributed by atoms with E-state index in [0.717, 1.165) is 11.4 Å². The van der Waals surface area contributed by atoms with Crippen molar-refractivity contribution in [2.75, 3.05) is 31.7 Å². The van der Waals surface area contributed by atoms with Crippen molar-refractivity contribution in [3.8, 4) is 17.6 Å². The number of methoxy groups -OCH3 is 1. The maximum Gasteiger partial charge on any atom is 0.326 e. The third-order valence-corrected chi connectivity index (χ3v) is 7.36. The average molecular weight is 514 g/mol. The number of rotatable bonds is 7. The van der Waals surface area contributed by atoms with Crippen LogP contribution in [0.1, 0.15) is 19.4 Å². The monoisotopic (exact) mass is 513 g/mol. The molecule has 190 valence electrons. The number of fused-ring (bicyclic) bond motifs is 1. The summed E-state index contributed by atoms with van der Waals surface area (Å²) in [5.74, 6) is 4.20. The van der Waals surface area contributed by atoms with Crippen LogP contribution >= 0.6 is 0 Å². The van der Waals surface area contributed by atoms with Gasteiger partial charge in [0.25, 0.3) is 0 Å². The number of ether oxygens (including phenoxy) is 2. The molecular weight excluding hydrogens is 486 g/mol. The lowest BCUT2D eigenvalue weighted by atomic mass is 10.1. The van der Waals surface area contributed by atoms with Crippen molar-refractivity contribution in [3.63, 3.8) is 0 Å². The Morgan fingerprint density at radius 1 is 1.11 bits per heavy atom. The lowest BCUT2D eigenvalue weighted by Gasteiger charge is -2.29. The van der Waals surface area contributed by atoms with Crippen LogP contribution in [0, 0.1) is 11.8 Å². The van der Waals surface area contributed by atoms with Crippen molar-refractivity contribution >= 4 is 33.5 Å². The number of hydrogen-bond acceptors (Lipinski definition) is 7. The molecule has 0 aromatic heterocycles. The number of carbonyl (C=O) groups excluding carboxylic acids is 3. The quantitative estimate of drug-likeness (QED) is 0.437. The number of nitrogens with zero attached hydrogens (tertiary/aromatic N) is 2. The van der Waals surface area contributed by atoms with Gasteiger partial charge >= 0.3 is 5.97 Å². The molecule has 1 aliphatic heterocycles. The van der Waals surface area contributed by atoms with Gasteiger partial charge in [0, 0.05) is 19.2 Å². The number of benzene rings is 2. The number of esters is 1. The van der Waals surface area contributed by atoms with Crippen LogP contribution in [0.15, 0.2) is 53.4 Å².